The van der Waals surface area contributed by atoms with Gasteiger partial charge in [0.2, 0.25) is 0 Å². The van der Waals surface area contributed by atoms with Crippen LogP contribution in [0.5, 0.6) is 0 Å². The van der Waals surface area contributed by atoms with Gasteiger partial charge in [0.15, 0.2) is 0 Å². The van der Waals surface area contributed by atoms with Gasteiger partial charge in [-0.1, -0.05) is 0 Å². The average Bonchev–Trinajstić information content (AvgIpc) is 2.41. The lowest BCUT2D eigenvalue weighted by Crippen LogP contribution is -2.47. The first kappa shape index (κ1) is 13.3. The zero-order valence-electron chi connectivity index (χ0n) is 11.1. The number of aliphatic carboxylic acids is 1. The number of carboxylic acid groups (broad SMARTS) is 1. The number of hydrogen-bond acceptors (Lipinski definition) is 5. The van der Waals surface area contributed by atoms with Gasteiger partial charge in [-0.15, -0.1) is 0 Å². The fourth-order valence-electron chi connectivity index (χ4n) is 2.70. The Balaban J connectivity index is 1.93. The van der Waals surface area contributed by atoms with Gasteiger partial charge in [0, 0.05) is 31.3 Å². The molecule has 1 aliphatic rings. The number of nitro groups is 1. The van der Waals surface area contributed by atoms with E-state index in [0.717, 1.165) is 5.69 Å². The van der Waals surface area contributed by atoms with Gasteiger partial charge in [-0.3, -0.25) is 19.9 Å². The van der Waals surface area contributed by atoms with Gasteiger partial charge in [0.1, 0.15) is 5.52 Å². The number of nitro benzene ring substituents is 1. The molecular weight excluding hydrogens is 274 g/mol. The van der Waals surface area contributed by atoms with Crippen molar-refractivity contribution in [1.82, 2.24) is 4.98 Å². The number of fused-ring (bicyclic) bond motifs is 1. The third-order valence-electron chi connectivity index (χ3n) is 3.68. The van der Waals surface area contributed by atoms with E-state index in [1.807, 2.05) is 4.90 Å². The summed E-state index contributed by atoms with van der Waals surface area (Å²) in [5, 5.41) is 20.3. The van der Waals surface area contributed by atoms with Crippen molar-refractivity contribution in [1.29, 1.82) is 0 Å². The predicted octanol–water partition coefficient (Wildman–Crippen LogP) is 2.05. The van der Waals surface area contributed by atoms with Crippen molar-refractivity contribution in [3.63, 3.8) is 0 Å². The minimum atomic E-state index is -0.800. The molecule has 1 aromatic heterocycles. The number of hydrogen-bond donors (Lipinski definition) is 1. The Morgan fingerprint density at radius 2 is 2.19 bits per heavy atom. The molecule has 1 aromatic carbocycles. The SMILES string of the molecule is O=C(O)CC1CN(c2ccc([N+](=O)[O-])c3cccnc23)C1. The van der Waals surface area contributed by atoms with Gasteiger partial charge >= 0.3 is 5.97 Å². The van der Waals surface area contributed by atoms with Crippen LogP contribution in [0.1, 0.15) is 6.42 Å². The lowest BCUT2D eigenvalue weighted by atomic mass is 9.95. The molecule has 21 heavy (non-hydrogen) atoms. The van der Waals surface area contributed by atoms with Gasteiger partial charge in [0.25, 0.3) is 5.69 Å². The summed E-state index contributed by atoms with van der Waals surface area (Å²) in [5.41, 5.74) is 1.43. The van der Waals surface area contributed by atoms with Crippen molar-refractivity contribution in [3.8, 4) is 0 Å². The van der Waals surface area contributed by atoms with E-state index < -0.39 is 10.9 Å². The van der Waals surface area contributed by atoms with Crippen LogP contribution in [0.25, 0.3) is 10.9 Å². The Labute approximate surface area is 120 Å². The summed E-state index contributed by atoms with van der Waals surface area (Å²) in [6.45, 7) is 1.27. The number of anilines is 1. The Morgan fingerprint density at radius 3 is 2.86 bits per heavy atom. The third-order valence-corrected chi connectivity index (χ3v) is 3.68. The van der Waals surface area contributed by atoms with E-state index in [4.69, 9.17) is 5.11 Å². The van der Waals surface area contributed by atoms with Crippen LogP contribution >= 0.6 is 0 Å². The molecular formula is C14H13N3O4. The van der Waals surface area contributed by atoms with Crippen LogP contribution in [-0.4, -0.2) is 34.1 Å². The summed E-state index contributed by atoms with van der Waals surface area (Å²) in [7, 11) is 0. The fraction of sp³-hybridized carbons (Fsp3) is 0.286. The molecule has 2 heterocycles. The van der Waals surface area contributed by atoms with E-state index in [2.05, 4.69) is 4.98 Å². The Morgan fingerprint density at radius 1 is 1.43 bits per heavy atom. The first-order valence-electron chi connectivity index (χ1n) is 6.55. The standard InChI is InChI=1S/C14H13N3O4/c18-13(19)6-9-7-16(8-9)12-4-3-11(17(20)21)10-2-1-5-15-14(10)12/h1-5,9H,6-8H2,(H,18,19). The monoisotopic (exact) mass is 287 g/mol. The smallest absolute Gasteiger partial charge is 0.303 e. The van der Waals surface area contributed by atoms with Crippen LogP contribution in [0, 0.1) is 16.0 Å². The van der Waals surface area contributed by atoms with Crippen LogP contribution < -0.4 is 4.90 Å². The second kappa shape index (κ2) is 5.01. The van der Waals surface area contributed by atoms with Crippen LogP contribution in [-0.2, 0) is 4.79 Å². The number of non-ortho nitro benzene ring substituents is 1. The molecule has 0 unspecified atom stereocenters. The van der Waals surface area contributed by atoms with E-state index in [1.54, 1.807) is 24.4 Å². The maximum atomic E-state index is 11.1. The molecule has 0 bridgehead atoms. The molecule has 7 heteroatoms. The summed E-state index contributed by atoms with van der Waals surface area (Å²) in [6.07, 6.45) is 1.75. The largest absolute Gasteiger partial charge is 0.481 e. The van der Waals surface area contributed by atoms with Crippen LogP contribution in [0.2, 0.25) is 0 Å². The predicted molar refractivity (Wildman–Crippen MR) is 76.4 cm³/mol. The highest BCUT2D eigenvalue weighted by Gasteiger charge is 2.30. The minimum Gasteiger partial charge on any atom is -0.481 e. The Bertz CT molecular complexity index is 725. The number of pyridine rings is 1. The first-order chi connectivity index (χ1) is 10.1. The third kappa shape index (κ3) is 2.37. The van der Waals surface area contributed by atoms with E-state index in [-0.39, 0.29) is 18.0 Å². The highest BCUT2D eigenvalue weighted by molar-refractivity contribution is 5.97. The van der Waals surface area contributed by atoms with Crippen molar-refractivity contribution in [2.45, 2.75) is 6.42 Å². The zero-order chi connectivity index (χ0) is 15.0. The molecule has 0 spiro atoms. The second-order valence-electron chi connectivity index (χ2n) is 5.13. The van der Waals surface area contributed by atoms with Crippen molar-refractivity contribution in [3.05, 3.63) is 40.6 Å². The van der Waals surface area contributed by atoms with E-state index in [9.17, 15) is 14.9 Å². The number of nitrogens with zero attached hydrogens (tertiary/aromatic N) is 3. The molecule has 0 atom stereocenters. The van der Waals surface area contributed by atoms with Crippen LogP contribution in [0.15, 0.2) is 30.5 Å². The highest BCUT2D eigenvalue weighted by Crippen LogP contribution is 2.35. The number of carbonyl (C=O) groups is 1. The van der Waals surface area contributed by atoms with Gasteiger partial charge in [-0.25, -0.2) is 0 Å². The number of rotatable bonds is 4. The lowest BCUT2D eigenvalue weighted by Gasteiger charge is -2.40. The van der Waals surface area contributed by atoms with Gasteiger partial charge in [0.05, 0.1) is 22.4 Å². The Kier molecular flexibility index (Phi) is 3.17. The average molecular weight is 287 g/mol. The van der Waals surface area contributed by atoms with Crippen LogP contribution in [0.4, 0.5) is 11.4 Å². The topological polar surface area (TPSA) is 96.6 Å². The minimum absolute atomic E-state index is 0.0319. The summed E-state index contributed by atoms with van der Waals surface area (Å²) >= 11 is 0. The van der Waals surface area contributed by atoms with E-state index >= 15 is 0 Å². The molecule has 1 saturated heterocycles. The number of aromatic nitrogens is 1. The molecule has 2 aromatic rings. The normalized spacial score (nSPS) is 15.0. The van der Waals surface area contributed by atoms with Crippen LogP contribution in [0.3, 0.4) is 0 Å². The maximum Gasteiger partial charge on any atom is 0.303 e. The molecule has 0 saturated carbocycles. The van der Waals surface area contributed by atoms with Crippen molar-refractivity contribution in [2.75, 3.05) is 18.0 Å². The van der Waals surface area contributed by atoms with Gasteiger partial charge < -0.3 is 10.0 Å². The molecule has 1 aliphatic heterocycles. The number of carboxylic acids is 1. The maximum absolute atomic E-state index is 11.1. The first-order valence-corrected chi connectivity index (χ1v) is 6.55. The molecule has 0 aliphatic carbocycles. The quantitative estimate of drug-likeness (QED) is 0.683. The highest BCUT2D eigenvalue weighted by atomic mass is 16.6. The zero-order valence-corrected chi connectivity index (χ0v) is 11.1. The Hall–Kier alpha value is -2.70. The second-order valence-corrected chi connectivity index (χ2v) is 5.13. The summed E-state index contributed by atoms with van der Waals surface area (Å²) in [6, 6.07) is 6.51. The molecule has 7 nitrogen and oxygen atoms in total. The molecule has 0 amide bonds. The fourth-order valence-corrected chi connectivity index (χ4v) is 2.70. The van der Waals surface area contributed by atoms with Crippen molar-refractivity contribution in [2.24, 2.45) is 5.92 Å². The summed E-state index contributed by atoms with van der Waals surface area (Å²) in [4.78, 5) is 27.6. The molecule has 1 fully saturated rings. The van der Waals surface area contributed by atoms with Crippen molar-refractivity contribution >= 4 is 28.2 Å². The van der Waals surface area contributed by atoms with Crippen molar-refractivity contribution < 1.29 is 14.8 Å². The van der Waals surface area contributed by atoms with E-state index in [1.165, 1.54) is 6.07 Å². The lowest BCUT2D eigenvalue weighted by molar-refractivity contribution is -0.383. The van der Waals surface area contributed by atoms with E-state index in [0.29, 0.717) is 24.0 Å². The van der Waals surface area contributed by atoms with Gasteiger partial charge in [-0.05, 0) is 18.2 Å². The molecule has 108 valence electrons. The van der Waals surface area contributed by atoms with Gasteiger partial charge in [-0.2, -0.15) is 0 Å². The molecule has 3 rings (SSSR count). The summed E-state index contributed by atoms with van der Waals surface area (Å²) < 4.78 is 0. The summed E-state index contributed by atoms with van der Waals surface area (Å²) in [5.74, 6) is -0.678. The number of benzene rings is 1. The molecule has 0 radical (unpaired) electrons. The molecule has 1 N–H and O–H groups in total.